The van der Waals surface area contributed by atoms with E-state index < -0.39 is 25.9 Å². The van der Waals surface area contributed by atoms with Crippen LogP contribution in [0.4, 0.5) is 4.39 Å². The molecule has 1 heterocycles. The Labute approximate surface area is 122 Å². The number of amidine groups is 1. The average molecular weight is 319 g/mol. The van der Waals surface area contributed by atoms with Crippen LogP contribution in [0.5, 0.6) is 0 Å². The normalized spacial score (nSPS) is 27.9. The van der Waals surface area contributed by atoms with Crippen LogP contribution in [0.3, 0.4) is 0 Å². The first-order valence-electron chi connectivity index (χ1n) is 6.05. The van der Waals surface area contributed by atoms with Gasteiger partial charge in [-0.3, -0.25) is 5.41 Å². The molecule has 0 unspecified atom stereocenters. The second-order valence-electron chi connectivity index (χ2n) is 5.70. The molecule has 1 fully saturated rings. The first-order valence-corrected chi connectivity index (χ1v) is 8.08. The molecule has 0 saturated carbocycles. The summed E-state index contributed by atoms with van der Waals surface area (Å²) in [5.74, 6) is -1.11. The Kier molecular flexibility index (Phi) is 3.38. The van der Waals surface area contributed by atoms with E-state index in [2.05, 4.69) is 5.32 Å². The van der Waals surface area contributed by atoms with Crippen LogP contribution in [0.2, 0.25) is 5.02 Å². The lowest BCUT2D eigenvalue weighted by Gasteiger charge is -2.43. The highest BCUT2D eigenvalue weighted by molar-refractivity contribution is 7.93. The maximum absolute atomic E-state index is 14.2. The number of rotatable bonds is 1. The summed E-state index contributed by atoms with van der Waals surface area (Å²) in [6.45, 7) is 4.49. The molecule has 0 aliphatic carbocycles. The summed E-state index contributed by atoms with van der Waals surface area (Å²) in [5, 5.41) is 10.7. The molecule has 0 radical (unpaired) electrons. The van der Waals surface area contributed by atoms with Gasteiger partial charge in [-0.15, -0.1) is 0 Å². The molecule has 4 nitrogen and oxygen atoms in total. The standard InChI is InChI=1S/C13H16ClFN2O2S/c1-12(2)11(16)17-13(3,7-20(12,18)19)8-5-4-6-9(14)10(8)15/h4-6H,7H2,1-3H3,(H2,16,17)/t13-/m0/s1. The summed E-state index contributed by atoms with van der Waals surface area (Å²) in [6.07, 6.45) is 0. The van der Waals surface area contributed by atoms with Crippen molar-refractivity contribution in [2.24, 2.45) is 0 Å². The third-order valence-electron chi connectivity index (χ3n) is 3.81. The second kappa shape index (κ2) is 4.43. The molecule has 20 heavy (non-hydrogen) atoms. The molecule has 0 aromatic heterocycles. The number of benzene rings is 1. The van der Waals surface area contributed by atoms with Crippen molar-refractivity contribution >= 4 is 27.3 Å². The zero-order valence-corrected chi connectivity index (χ0v) is 13.0. The summed E-state index contributed by atoms with van der Waals surface area (Å²) in [5.41, 5.74) is -1.06. The largest absolute Gasteiger partial charge is 0.362 e. The molecular formula is C13H16ClFN2O2S. The van der Waals surface area contributed by atoms with Crippen molar-refractivity contribution in [1.82, 2.24) is 5.32 Å². The van der Waals surface area contributed by atoms with E-state index in [-0.39, 0.29) is 22.2 Å². The summed E-state index contributed by atoms with van der Waals surface area (Å²) in [4.78, 5) is 0. The molecule has 0 amide bonds. The van der Waals surface area contributed by atoms with Crippen molar-refractivity contribution in [2.75, 3.05) is 5.75 Å². The van der Waals surface area contributed by atoms with Crippen LogP contribution in [0.15, 0.2) is 18.2 Å². The first kappa shape index (κ1) is 15.3. The van der Waals surface area contributed by atoms with Crippen LogP contribution in [-0.4, -0.2) is 24.8 Å². The van der Waals surface area contributed by atoms with Gasteiger partial charge in [0.05, 0.1) is 16.3 Å². The summed E-state index contributed by atoms with van der Waals surface area (Å²) < 4.78 is 37.6. The van der Waals surface area contributed by atoms with Gasteiger partial charge in [0.15, 0.2) is 9.84 Å². The molecule has 0 spiro atoms. The number of halogens is 2. The van der Waals surface area contributed by atoms with Crippen molar-refractivity contribution in [2.45, 2.75) is 31.1 Å². The molecule has 7 heteroatoms. The second-order valence-corrected chi connectivity index (χ2v) is 8.65. The molecule has 1 saturated heterocycles. The van der Waals surface area contributed by atoms with E-state index in [4.69, 9.17) is 17.0 Å². The fourth-order valence-corrected chi connectivity index (χ4v) is 4.14. The minimum atomic E-state index is -3.59. The maximum atomic E-state index is 14.2. The topological polar surface area (TPSA) is 70.0 Å². The van der Waals surface area contributed by atoms with E-state index in [0.717, 1.165) is 0 Å². The average Bonchev–Trinajstić information content (AvgIpc) is 2.29. The van der Waals surface area contributed by atoms with E-state index in [9.17, 15) is 12.8 Å². The van der Waals surface area contributed by atoms with Gasteiger partial charge in [0.1, 0.15) is 16.4 Å². The van der Waals surface area contributed by atoms with Crippen LogP contribution in [0.1, 0.15) is 26.3 Å². The van der Waals surface area contributed by atoms with Gasteiger partial charge in [0.25, 0.3) is 0 Å². The first-order chi connectivity index (χ1) is 9.01. The third kappa shape index (κ3) is 2.11. The van der Waals surface area contributed by atoms with E-state index in [0.29, 0.717) is 0 Å². The number of hydrogen-bond donors (Lipinski definition) is 2. The molecule has 2 N–H and O–H groups in total. The van der Waals surface area contributed by atoms with Crippen LogP contribution < -0.4 is 5.32 Å². The molecule has 1 aliphatic rings. The van der Waals surface area contributed by atoms with Gasteiger partial charge in [0.2, 0.25) is 0 Å². The predicted octanol–water partition coefficient (Wildman–Crippen LogP) is 2.47. The Hall–Kier alpha value is -1.14. The van der Waals surface area contributed by atoms with Crippen molar-refractivity contribution in [1.29, 1.82) is 5.41 Å². The zero-order valence-electron chi connectivity index (χ0n) is 11.4. The summed E-state index contributed by atoms with van der Waals surface area (Å²) in [7, 11) is -3.59. The van der Waals surface area contributed by atoms with Crippen LogP contribution >= 0.6 is 11.6 Å². The maximum Gasteiger partial charge on any atom is 0.165 e. The van der Waals surface area contributed by atoms with Gasteiger partial charge >= 0.3 is 0 Å². The highest BCUT2D eigenvalue weighted by Gasteiger charge is 2.51. The monoisotopic (exact) mass is 318 g/mol. The molecule has 1 aromatic rings. The fraction of sp³-hybridized carbons (Fsp3) is 0.462. The highest BCUT2D eigenvalue weighted by atomic mass is 35.5. The molecule has 2 rings (SSSR count). The lowest BCUT2D eigenvalue weighted by atomic mass is 9.92. The quantitative estimate of drug-likeness (QED) is 0.835. The van der Waals surface area contributed by atoms with E-state index in [1.807, 2.05) is 0 Å². The van der Waals surface area contributed by atoms with Crippen molar-refractivity contribution in [3.8, 4) is 0 Å². The highest BCUT2D eigenvalue weighted by Crippen LogP contribution is 2.36. The smallest absolute Gasteiger partial charge is 0.165 e. The van der Waals surface area contributed by atoms with Crippen molar-refractivity contribution in [3.05, 3.63) is 34.6 Å². The van der Waals surface area contributed by atoms with E-state index in [1.54, 1.807) is 13.0 Å². The van der Waals surface area contributed by atoms with E-state index in [1.165, 1.54) is 26.0 Å². The Bertz CT molecular complexity index is 688. The molecule has 110 valence electrons. The number of sulfone groups is 1. The molecular weight excluding hydrogens is 303 g/mol. The molecule has 1 aromatic carbocycles. The van der Waals surface area contributed by atoms with Crippen LogP contribution in [0, 0.1) is 11.2 Å². The lowest BCUT2D eigenvalue weighted by molar-refractivity contribution is 0.422. The Morgan fingerprint density at radius 1 is 1.35 bits per heavy atom. The minimum Gasteiger partial charge on any atom is -0.362 e. The predicted molar refractivity (Wildman–Crippen MR) is 77.5 cm³/mol. The minimum absolute atomic E-state index is 0.0701. The molecule has 1 aliphatic heterocycles. The van der Waals surface area contributed by atoms with Crippen molar-refractivity contribution < 1.29 is 12.8 Å². The van der Waals surface area contributed by atoms with Gasteiger partial charge in [-0.2, -0.15) is 0 Å². The Morgan fingerprint density at radius 3 is 2.50 bits per heavy atom. The SMILES string of the molecule is CC1(C)C(=N)N[C@](C)(c2cccc(Cl)c2F)CS1(=O)=O. The van der Waals surface area contributed by atoms with Gasteiger partial charge in [-0.05, 0) is 26.8 Å². The number of hydrogen-bond acceptors (Lipinski definition) is 3. The lowest BCUT2D eigenvalue weighted by Crippen LogP contribution is -2.64. The third-order valence-corrected chi connectivity index (χ3v) is 6.81. The van der Waals surface area contributed by atoms with Crippen LogP contribution in [0.25, 0.3) is 0 Å². The Balaban J connectivity index is 2.58. The summed E-state index contributed by atoms with van der Waals surface area (Å²) >= 11 is 5.75. The number of nitrogens with one attached hydrogen (secondary N) is 2. The van der Waals surface area contributed by atoms with Gasteiger partial charge in [-0.1, -0.05) is 23.7 Å². The zero-order chi connectivity index (χ0) is 15.3. The molecule has 1 atom stereocenters. The Morgan fingerprint density at radius 2 is 1.95 bits per heavy atom. The van der Waals surface area contributed by atoms with E-state index >= 15 is 0 Å². The van der Waals surface area contributed by atoms with Gasteiger partial charge in [-0.25, -0.2) is 12.8 Å². The summed E-state index contributed by atoms with van der Waals surface area (Å²) in [6, 6.07) is 4.44. The van der Waals surface area contributed by atoms with Crippen molar-refractivity contribution in [3.63, 3.8) is 0 Å². The van der Waals surface area contributed by atoms with Gasteiger partial charge in [0, 0.05) is 5.56 Å². The van der Waals surface area contributed by atoms with Crippen LogP contribution in [-0.2, 0) is 15.4 Å². The fourth-order valence-electron chi connectivity index (χ4n) is 2.25. The molecule has 0 bridgehead atoms. The van der Waals surface area contributed by atoms with Gasteiger partial charge < -0.3 is 5.32 Å².